The van der Waals surface area contributed by atoms with Crippen LogP contribution in [-0.2, 0) is 11.8 Å². The lowest BCUT2D eigenvalue weighted by Crippen LogP contribution is -2.19. The fourth-order valence-electron chi connectivity index (χ4n) is 2.07. The Hall–Kier alpha value is -2.89. The van der Waals surface area contributed by atoms with Gasteiger partial charge in [-0.05, 0) is 31.0 Å². The van der Waals surface area contributed by atoms with Crippen LogP contribution in [0.2, 0.25) is 0 Å². The first-order valence-electron chi connectivity index (χ1n) is 7.33. The molecule has 0 radical (unpaired) electrons. The summed E-state index contributed by atoms with van der Waals surface area (Å²) in [6.45, 7) is 0. The van der Waals surface area contributed by atoms with E-state index in [1.807, 2.05) is 0 Å². The highest BCUT2D eigenvalue weighted by Gasteiger charge is 2.29. The second kappa shape index (κ2) is 6.08. The molecule has 0 spiro atoms. The molecule has 1 aliphatic rings. The van der Waals surface area contributed by atoms with Crippen LogP contribution in [0.1, 0.15) is 23.2 Å². The van der Waals surface area contributed by atoms with E-state index in [4.69, 9.17) is 4.74 Å². The zero-order chi connectivity index (χ0) is 16.4. The first-order valence-corrected chi connectivity index (χ1v) is 7.33. The molecule has 23 heavy (non-hydrogen) atoms. The maximum atomic E-state index is 12.1. The molecule has 2 aromatic rings. The summed E-state index contributed by atoms with van der Waals surface area (Å²) in [6, 6.07) is 9.36. The molecule has 6 nitrogen and oxygen atoms in total. The van der Waals surface area contributed by atoms with Crippen LogP contribution in [0.4, 0.5) is 5.69 Å². The number of benzene rings is 1. The van der Waals surface area contributed by atoms with E-state index in [0.29, 0.717) is 11.4 Å². The van der Waals surface area contributed by atoms with Crippen molar-refractivity contribution in [2.45, 2.75) is 12.8 Å². The van der Waals surface area contributed by atoms with E-state index in [9.17, 15) is 14.4 Å². The Kier molecular flexibility index (Phi) is 3.97. The maximum Gasteiger partial charge on any atom is 0.343 e. The van der Waals surface area contributed by atoms with E-state index < -0.39 is 5.97 Å². The number of ether oxygens (including phenoxy) is 1. The second-order valence-electron chi connectivity index (χ2n) is 5.55. The largest absolute Gasteiger partial charge is 0.423 e. The number of pyridine rings is 1. The number of amides is 1. The molecule has 1 aromatic carbocycles. The summed E-state index contributed by atoms with van der Waals surface area (Å²) in [6.07, 6.45) is 3.35. The molecule has 1 heterocycles. The number of rotatable bonds is 4. The molecule has 0 aliphatic heterocycles. The Balaban J connectivity index is 1.71. The van der Waals surface area contributed by atoms with Gasteiger partial charge in [0.05, 0.1) is 5.56 Å². The Morgan fingerprint density at radius 1 is 1.22 bits per heavy atom. The molecule has 6 heteroatoms. The van der Waals surface area contributed by atoms with Gasteiger partial charge in [0.2, 0.25) is 5.91 Å². The van der Waals surface area contributed by atoms with E-state index in [1.165, 1.54) is 22.9 Å². The van der Waals surface area contributed by atoms with Crippen molar-refractivity contribution >= 4 is 17.6 Å². The van der Waals surface area contributed by atoms with Crippen molar-refractivity contribution < 1.29 is 14.3 Å². The summed E-state index contributed by atoms with van der Waals surface area (Å²) in [5, 5.41) is 2.79. The standard InChI is InChI=1S/C17H16N2O4/c1-19-8-7-12(9-15(19)20)17(22)23-14-4-2-3-13(10-14)18-16(21)11-5-6-11/h2-4,7-11H,5-6H2,1H3,(H,18,21). The van der Waals surface area contributed by atoms with Gasteiger partial charge in [0, 0.05) is 37.0 Å². The Morgan fingerprint density at radius 2 is 2.00 bits per heavy atom. The normalized spacial score (nSPS) is 13.4. The van der Waals surface area contributed by atoms with E-state index in [1.54, 1.807) is 31.3 Å². The lowest BCUT2D eigenvalue weighted by molar-refractivity contribution is -0.117. The quantitative estimate of drug-likeness (QED) is 0.691. The Morgan fingerprint density at radius 3 is 2.70 bits per heavy atom. The summed E-state index contributed by atoms with van der Waals surface area (Å²) in [5.41, 5.74) is 0.474. The highest BCUT2D eigenvalue weighted by Crippen LogP contribution is 2.30. The highest BCUT2D eigenvalue weighted by atomic mass is 16.5. The third-order valence-electron chi connectivity index (χ3n) is 3.60. The third kappa shape index (κ3) is 3.66. The first kappa shape index (κ1) is 15.0. The number of esters is 1. The van der Waals surface area contributed by atoms with Gasteiger partial charge in [-0.25, -0.2) is 4.79 Å². The summed E-state index contributed by atoms with van der Waals surface area (Å²) in [5.74, 6) is -0.223. The van der Waals surface area contributed by atoms with Crippen molar-refractivity contribution in [2.24, 2.45) is 13.0 Å². The predicted molar refractivity (Wildman–Crippen MR) is 84.4 cm³/mol. The lowest BCUT2D eigenvalue weighted by Gasteiger charge is -2.08. The molecule has 0 bridgehead atoms. The van der Waals surface area contributed by atoms with E-state index in [0.717, 1.165) is 12.8 Å². The fourth-order valence-corrected chi connectivity index (χ4v) is 2.07. The maximum absolute atomic E-state index is 12.1. The van der Waals surface area contributed by atoms with Gasteiger partial charge < -0.3 is 14.6 Å². The average molecular weight is 312 g/mol. The van der Waals surface area contributed by atoms with Gasteiger partial charge in [-0.2, -0.15) is 0 Å². The van der Waals surface area contributed by atoms with Gasteiger partial charge in [-0.3, -0.25) is 9.59 Å². The first-order chi connectivity index (χ1) is 11.0. The predicted octanol–water partition coefficient (Wildman–Crippen LogP) is 1.95. The average Bonchev–Trinajstić information content (AvgIpc) is 3.35. The molecule has 3 rings (SSSR count). The van der Waals surface area contributed by atoms with Gasteiger partial charge in [0.25, 0.3) is 5.56 Å². The van der Waals surface area contributed by atoms with Crippen molar-refractivity contribution in [1.29, 1.82) is 0 Å². The Labute approximate surface area is 132 Å². The number of hydrogen-bond donors (Lipinski definition) is 1. The number of carbonyl (C=O) groups excluding carboxylic acids is 2. The summed E-state index contributed by atoms with van der Waals surface area (Å²) in [4.78, 5) is 35.4. The van der Waals surface area contributed by atoms with Gasteiger partial charge in [0.1, 0.15) is 5.75 Å². The molecule has 1 fully saturated rings. The zero-order valence-electron chi connectivity index (χ0n) is 12.6. The van der Waals surface area contributed by atoms with Crippen molar-refractivity contribution in [1.82, 2.24) is 4.57 Å². The van der Waals surface area contributed by atoms with Crippen LogP contribution in [0.25, 0.3) is 0 Å². The number of anilines is 1. The van der Waals surface area contributed by atoms with Crippen LogP contribution in [0, 0.1) is 5.92 Å². The lowest BCUT2D eigenvalue weighted by atomic mass is 10.2. The molecule has 1 saturated carbocycles. The van der Waals surface area contributed by atoms with E-state index in [-0.39, 0.29) is 22.9 Å². The van der Waals surface area contributed by atoms with Crippen LogP contribution >= 0.6 is 0 Å². The molecule has 1 aliphatic carbocycles. The minimum atomic E-state index is -0.617. The van der Waals surface area contributed by atoms with Gasteiger partial charge in [-0.15, -0.1) is 0 Å². The fraction of sp³-hybridized carbons (Fsp3) is 0.235. The number of aryl methyl sites for hydroxylation is 1. The minimum Gasteiger partial charge on any atom is -0.423 e. The van der Waals surface area contributed by atoms with Crippen molar-refractivity contribution in [3.63, 3.8) is 0 Å². The monoisotopic (exact) mass is 312 g/mol. The van der Waals surface area contributed by atoms with Crippen LogP contribution in [0.5, 0.6) is 5.75 Å². The third-order valence-corrected chi connectivity index (χ3v) is 3.60. The van der Waals surface area contributed by atoms with E-state index in [2.05, 4.69) is 5.32 Å². The second-order valence-corrected chi connectivity index (χ2v) is 5.55. The smallest absolute Gasteiger partial charge is 0.343 e. The van der Waals surface area contributed by atoms with Crippen molar-refractivity contribution in [2.75, 3.05) is 5.32 Å². The van der Waals surface area contributed by atoms with Crippen LogP contribution in [0.3, 0.4) is 0 Å². The molecular weight excluding hydrogens is 296 g/mol. The number of nitrogens with zero attached hydrogens (tertiary/aromatic N) is 1. The number of nitrogens with one attached hydrogen (secondary N) is 1. The van der Waals surface area contributed by atoms with Crippen LogP contribution < -0.4 is 15.6 Å². The highest BCUT2D eigenvalue weighted by molar-refractivity contribution is 5.94. The molecular formula is C17H16N2O4. The molecule has 1 aromatic heterocycles. The van der Waals surface area contributed by atoms with Crippen molar-refractivity contribution in [3.05, 3.63) is 58.5 Å². The molecule has 0 unspecified atom stereocenters. The molecule has 0 saturated heterocycles. The van der Waals surface area contributed by atoms with Gasteiger partial charge in [0.15, 0.2) is 0 Å². The van der Waals surface area contributed by atoms with E-state index >= 15 is 0 Å². The van der Waals surface area contributed by atoms with Gasteiger partial charge >= 0.3 is 5.97 Å². The number of aromatic nitrogens is 1. The number of hydrogen-bond acceptors (Lipinski definition) is 4. The molecule has 1 N–H and O–H groups in total. The Bertz CT molecular complexity index is 821. The van der Waals surface area contributed by atoms with Crippen molar-refractivity contribution in [3.8, 4) is 5.75 Å². The van der Waals surface area contributed by atoms with Crippen LogP contribution in [-0.4, -0.2) is 16.4 Å². The minimum absolute atomic E-state index is 0.0139. The van der Waals surface area contributed by atoms with Crippen LogP contribution in [0.15, 0.2) is 47.4 Å². The number of carbonyl (C=O) groups is 2. The molecule has 0 atom stereocenters. The molecule has 118 valence electrons. The van der Waals surface area contributed by atoms with Gasteiger partial charge in [-0.1, -0.05) is 6.07 Å². The summed E-state index contributed by atoms with van der Waals surface area (Å²) in [7, 11) is 1.60. The molecule has 1 amide bonds. The topological polar surface area (TPSA) is 77.4 Å². The zero-order valence-corrected chi connectivity index (χ0v) is 12.6. The SMILES string of the molecule is Cn1ccc(C(=O)Oc2cccc(NC(=O)C3CC3)c2)cc1=O. The summed E-state index contributed by atoms with van der Waals surface area (Å²) >= 11 is 0. The summed E-state index contributed by atoms with van der Waals surface area (Å²) < 4.78 is 6.62.